The molecule has 6 nitrogen and oxygen atoms in total. The molecule has 0 atom stereocenters. The van der Waals surface area contributed by atoms with E-state index in [2.05, 4.69) is 15.0 Å². The molecule has 0 aliphatic rings. The minimum absolute atomic E-state index is 0.148. The Morgan fingerprint density at radius 2 is 1.79 bits per heavy atom. The maximum absolute atomic E-state index is 13.3. The molecule has 0 aliphatic heterocycles. The Bertz CT molecular complexity index is 1130. The van der Waals surface area contributed by atoms with E-state index < -0.39 is 10.0 Å². The van der Waals surface area contributed by atoms with Crippen LogP contribution in [0.15, 0.2) is 53.6 Å². The third kappa shape index (κ3) is 4.46. The minimum Gasteiger partial charge on any atom is -0.277 e. The van der Waals surface area contributed by atoms with Gasteiger partial charge in [-0.05, 0) is 41.2 Å². The molecule has 8 heteroatoms. The molecule has 0 amide bonds. The first-order valence-electron chi connectivity index (χ1n) is 9.33. The number of rotatable bonds is 5. The van der Waals surface area contributed by atoms with Crippen molar-refractivity contribution in [2.45, 2.75) is 50.8 Å². The maximum Gasteiger partial charge on any atom is 0.262 e. The molecule has 154 valence electrons. The fourth-order valence-corrected chi connectivity index (χ4v) is 4.77. The van der Waals surface area contributed by atoms with Crippen LogP contribution in [0, 0.1) is 0 Å². The molecular weight excluding hydrogens is 408 g/mol. The second-order valence-electron chi connectivity index (χ2n) is 8.24. The number of nitrogens with one attached hydrogen (secondary N) is 1. The molecule has 1 heterocycles. The van der Waals surface area contributed by atoms with Crippen molar-refractivity contribution >= 4 is 27.3 Å². The van der Waals surface area contributed by atoms with Gasteiger partial charge in [0.15, 0.2) is 0 Å². The molecule has 0 spiro atoms. The lowest BCUT2D eigenvalue weighted by Gasteiger charge is -2.23. The van der Waals surface area contributed by atoms with E-state index in [1.165, 1.54) is 0 Å². The monoisotopic (exact) mass is 432 g/mol. The highest BCUT2D eigenvalue weighted by molar-refractivity contribution is 7.92. The summed E-state index contributed by atoms with van der Waals surface area (Å²) in [6, 6.07) is 12.0. The number of sulfonamides is 1. The zero-order valence-electron chi connectivity index (χ0n) is 17.1. The highest BCUT2D eigenvalue weighted by Crippen LogP contribution is 2.32. The van der Waals surface area contributed by atoms with Crippen LogP contribution in [-0.2, 0) is 15.4 Å². The fraction of sp³-hybridized carbons (Fsp3) is 0.333. The molecule has 0 radical (unpaired) electrons. The highest BCUT2D eigenvalue weighted by Gasteiger charge is 2.26. The smallest absolute Gasteiger partial charge is 0.262 e. The Hall–Kier alpha value is -2.38. The van der Waals surface area contributed by atoms with E-state index in [1.54, 1.807) is 41.2 Å². The number of hydrogen-bond acceptors (Lipinski definition) is 4. The summed E-state index contributed by atoms with van der Waals surface area (Å²) in [5, 5.41) is 8.60. The van der Waals surface area contributed by atoms with E-state index in [0.717, 1.165) is 11.3 Å². The van der Waals surface area contributed by atoms with E-state index in [-0.39, 0.29) is 16.2 Å². The average Bonchev–Trinajstić information content (AvgIpc) is 3.12. The van der Waals surface area contributed by atoms with Gasteiger partial charge in [0.2, 0.25) is 0 Å². The van der Waals surface area contributed by atoms with Crippen molar-refractivity contribution in [2.75, 3.05) is 4.72 Å². The molecular formula is C21H25ClN4O2S. The van der Waals surface area contributed by atoms with E-state index >= 15 is 0 Å². The zero-order valence-corrected chi connectivity index (χ0v) is 18.7. The van der Waals surface area contributed by atoms with Crippen LogP contribution in [0.5, 0.6) is 0 Å². The molecule has 1 aromatic heterocycles. The summed E-state index contributed by atoms with van der Waals surface area (Å²) in [6.07, 6.45) is 1.67. The molecule has 0 fully saturated rings. The van der Waals surface area contributed by atoms with E-state index in [0.29, 0.717) is 16.4 Å². The van der Waals surface area contributed by atoms with Crippen LogP contribution >= 0.6 is 11.6 Å². The van der Waals surface area contributed by atoms with Gasteiger partial charge in [-0.3, -0.25) is 4.72 Å². The van der Waals surface area contributed by atoms with Gasteiger partial charge < -0.3 is 0 Å². The van der Waals surface area contributed by atoms with Crippen molar-refractivity contribution in [1.29, 1.82) is 0 Å². The predicted octanol–water partition coefficient (Wildman–Crippen LogP) is 5.14. The summed E-state index contributed by atoms with van der Waals surface area (Å²) in [6.45, 7) is 9.99. The van der Waals surface area contributed by atoms with Crippen LogP contribution in [0.1, 0.15) is 51.8 Å². The number of hydrogen-bond donors (Lipinski definition) is 1. The molecule has 3 rings (SSSR count). The second-order valence-corrected chi connectivity index (χ2v) is 10.3. The molecule has 29 heavy (non-hydrogen) atoms. The topological polar surface area (TPSA) is 76.9 Å². The van der Waals surface area contributed by atoms with E-state index in [9.17, 15) is 8.42 Å². The predicted molar refractivity (Wildman–Crippen MR) is 116 cm³/mol. The average molecular weight is 433 g/mol. The summed E-state index contributed by atoms with van der Waals surface area (Å²) < 4.78 is 30.9. The standard InChI is InChI=1S/C21H25ClN4O2S/c1-14(2)19-13-23-25-26(19)18-12-15(22)10-11-17(18)24-29(27,28)20-9-7-6-8-16(20)21(3,4)5/h6-14,24H,1-5H3. The molecule has 0 saturated heterocycles. The quantitative estimate of drug-likeness (QED) is 0.605. The minimum atomic E-state index is -3.84. The van der Waals surface area contributed by atoms with Gasteiger partial charge in [0.05, 0.1) is 28.2 Å². The Morgan fingerprint density at radius 1 is 1.10 bits per heavy atom. The van der Waals surface area contributed by atoms with Crippen molar-refractivity contribution < 1.29 is 8.42 Å². The van der Waals surface area contributed by atoms with Gasteiger partial charge in [0, 0.05) is 5.02 Å². The summed E-state index contributed by atoms with van der Waals surface area (Å²) in [5.41, 5.74) is 2.17. The number of anilines is 1. The highest BCUT2D eigenvalue weighted by atomic mass is 35.5. The van der Waals surface area contributed by atoms with Gasteiger partial charge in [0.25, 0.3) is 10.0 Å². The maximum atomic E-state index is 13.3. The lowest BCUT2D eigenvalue weighted by atomic mass is 9.87. The van der Waals surface area contributed by atoms with Crippen LogP contribution in [0.25, 0.3) is 5.69 Å². The Labute approximate surface area is 177 Å². The van der Waals surface area contributed by atoms with Gasteiger partial charge in [-0.1, -0.05) is 69.6 Å². The largest absolute Gasteiger partial charge is 0.277 e. The fourth-order valence-electron chi connectivity index (χ4n) is 3.11. The number of aromatic nitrogens is 3. The first kappa shape index (κ1) is 21.3. The number of nitrogens with zero attached hydrogens (tertiary/aromatic N) is 3. The van der Waals surface area contributed by atoms with Crippen LogP contribution < -0.4 is 4.72 Å². The van der Waals surface area contributed by atoms with Crippen LogP contribution in [0.4, 0.5) is 5.69 Å². The molecule has 2 aromatic carbocycles. The van der Waals surface area contributed by atoms with Crippen molar-refractivity contribution in [3.8, 4) is 5.69 Å². The summed E-state index contributed by atoms with van der Waals surface area (Å²) in [4.78, 5) is 0.246. The summed E-state index contributed by atoms with van der Waals surface area (Å²) in [7, 11) is -3.84. The molecule has 0 aliphatic carbocycles. The van der Waals surface area contributed by atoms with Crippen LogP contribution in [-0.4, -0.2) is 23.4 Å². The first-order chi connectivity index (χ1) is 13.5. The lowest BCUT2D eigenvalue weighted by Crippen LogP contribution is -2.21. The van der Waals surface area contributed by atoms with Gasteiger partial charge in [0.1, 0.15) is 0 Å². The molecule has 0 bridgehead atoms. The second kappa shape index (κ2) is 7.80. The van der Waals surface area contributed by atoms with Crippen LogP contribution in [0.2, 0.25) is 5.02 Å². The molecule has 0 unspecified atom stereocenters. The number of benzene rings is 2. The molecule has 1 N–H and O–H groups in total. The van der Waals surface area contributed by atoms with E-state index in [1.807, 2.05) is 46.8 Å². The number of halogens is 1. The van der Waals surface area contributed by atoms with Crippen molar-refractivity contribution in [3.63, 3.8) is 0 Å². The van der Waals surface area contributed by atoms with Gasteiger partial charge >= 0.3 is 0 Å². The third-order valence-corrected chi connectivity index (χ3v) is 6.24. The summed E-state index contributed by atoms with van der Waals surface area (Å²) in [5.74, 6) is 0.148. The van der Waals surface area contributed by atoms with Crippen molar-refractivity contribution in [3.05, 3.63) is 64.9 Å². The summed E-state index contributed by atoms with van der Waals surface area (Å²) >= 11 is 6.20. The van der Waals surface area contributed by atoms with E-state index in [4.69, 9.17) is 11.6 Å². The van der Waals surface area contributed by atoms with Gasteiger partial charge in [-0.15, -0.1) is 5.10 Å². The Morgan fingerprint density at radius 3 is 2.45 bits per heavy atom. The van der Waals surface area contributed by atoms with Crippen LogP contribution in [0.3, 0.4) is 0 Å². The third-order valence-electron chi connectivity index (χ3n) is 4.58. The SMILES string of the molecule is CC(C)c1cnnn1-c1cc(Cl)ccc1NS(=O)(=O)c1ccccc1C(C)(C)C. The van der Waals surface area contributed by atoms with Crippen molar-refractivity contribution in [2.24, 2.45) is 0 Å². The van der Waals surface area contributed by atoms with Gasteiger partial charge in [-0.25, -0.2) is 13.1 Å². The molecule has 0 saturated carbocycles. The lowest BCUT2D eigenvalue weighted by molar-refractivity contribution is 0.563. The zero-order chi connectivity index (χ0) is 21.4. The normalized spacial score (nSPS) is 12.4. The first-order valence-corrected chi connectivity index (χ1v) is 11.2. The Kier molecular flexibility index (Phi) is 5.74. The van der Waals surface area contributed by atoms with Gasteiger partial charge in [-0.2, -0.15) is 0 Å². The molecule has 3 aromatic rings. The van der Waals surface area contributed by atoms with Crippen molar-refractivity contribution in [1.82, 2.24) is 15.0 Å². The Balaban J connectivity index is 2.12.